The van der Waals surface area contributed by atoms with Crippen LogP contribution >= 0.6 is 0 Å². The van der Waals surface area contributed by atoms with Gasteiger partial charge in [0, 0.05) is 24.4 Å². The van der Waals surface area contributed by atoms with E-state index in [1.165, 1.54) is 6.92 Å². The molecule has 1 heterocycles. The van der Waals surface area contributed by atoms with Crippen molar-refractivity contribution in [3.8, 4) is 5.75 Å². The molecule has 0 amide bonds. The van der Waals surface area contributed by atoms with Gasteiger partial charge in [0.25, 0.3) is 0 Å². The largest absolute Gasteiger partial charge is 0.492 e. The number of hydrogen-bond donors (Lipinski definition) is 2. The first-order valence-corrected chi connectivity index (χ1v) is 7.17. The number of fused-ring (bicyclic) bond motifs is 1. The van der Waals surface area contributed by atoms with Crippen molar-refractivity contribution < 1.29 is 9.53 Å². The summed E-state index contributed by atoms with van der Waals surface area (Å²) in [4.78, 5) is 14.2. The van der Waals surface area contributed by atoms with Crippen molar-refractivity contribution in [2.24, 2.45) is 5.73 Å². The van der Waals surface area contributed by atoms with Crippen molar-refractivity contribution in [2.75, 3.05) is 13.2 Å². The van der Waals surface area contributed by atoms with E-state index < -0.39 is 0 Å². The second-order valence-electron chi connectivity index (χ2n) is 3.63. The van der Waals surface area contributed by atoms with Crippen LogP contribution in [0, 0.1) is 0 Å². The molecule has 0 unspecified atom stereocenters. The molecule has 1 aromatic carbocycles. The number of carbonyl (C=O) groups is 1. The lowest BCUT2D eigenvalue weighted by molar-refractivity contribution is 0.101. The lowest BCUT2D eigenvalue weighted by Gasteiger charge is -2.03. The highest BCUT2D eigenvalue weighted by Gasteiger charge is 2.05. The lowest BCUT2D eigenvalue weighted by atomic mass is 10.2. The number of aromatic amines is 1. The fourth-order valence-corrected chi connectivity index (χ4v) is 1.57. The van der Waals surface area contributed by atoms with Gasteiger partial charge in [-0.1, -0.05) is 27.7 Å². The maximum atomic E-state index is 11.2. The first-order chi connectivity index (χ1) is 9.70. The Morgan fingerprint density at radius 3 is 2.40 bits per heavy atom. The molecule has 0 fully saturated rings. The summed E-state index contributed by atoms with van der Waals surface area (Å²) in [6, 6.07) is 7.48. The highest BCUT2D eigenvalue weighted by atomic mass is 16.5. The standard InChI is InChI=1S/C12H14N2O2.2C2H6/c1-8(15)12-7-9-6-10(16-5-4-13)2-3-11(9)14-12;2*1-2/h2-3,6-7,14H,4-5,13H2,1H3;2*1-2H3. The summed E-state index contributed by atoms with van der Waals surface area (Å²) in [6.07, 6.45) is 0. The average molecular weight is 278 g/mol. The van der Waals surface area contributed by atoms with Crippen LogP contribution in [-0.2, 0) is 0 Å². The van der Waals surface area contributed by atoms with Crippen LogP contribution < -0.4 is 10.5 Å². The van der Waals surface area contributed by atoms with Crippen LogP contribution in [0.4, 0.5) is 0 Å². The van der Waals surface area contributed by atoms with Gasteiger partial charge < -0.3 is 15.5 Å². The molecule has 0 aliphatic rings. The van der Waals surface area contributed by atoms with E-state index in [9.17, 15) is 4.79 Å². The van der Waals surface area contributed by atoms with Gasteiger partial charge in [-0.05, 0) is 24.3 Å². The summed E-state index contributed by atoms with van der Waals surface area (Å²) >= 11 is 0. The Balaban J connectivity index is 0.000000829. The molecule has 0 radical (unpaired) electrons. The number of H-pyrrole nitrogens is 1. The Morgan fingerprint density at radius 1 is 1.20 bits per heavy atom. The van der Waals surface area contributed by atoms with Gasteiger partial charge in [0.1, 0.15) is 12.4 Å². The van der Waals surface area contributed by atoms with Crippen molar-refractivity contribution in [1.29, 1.82) is 0 Å². The molecular formula is C16H26N2O2. The quantitative estimate of drug-likeness (QED) is 0.837. The second kappa shape index (κ2) is 10.0. The van der Waals surface area contributed by atoms with E-state index in [0.717, 1.165) is 16.7 Å². The molecule has 0 aliphatic heterocycles. The minimum atomic E-state index is 0.0284. The van der Waals surface area contributed by atoms with Gasteiger partial charge >= 0.3 is 0 Å². The van der Waals surface area contributed by atoms with Crippen LogP contribution in [0.25, 0.3) is 10.9 Å². The minimum absolute atomic E-state index is 0.0284. The molecule has 4 heteroatoms. The Kier molecular flexibility index (Phi) is 9.13. The number of carbonyl (C=O) groups excluding carboxylic acids is 1. The maximum absolute atomic E-state index is 11.2. The number of benzene rings is 1. The molecule has 0 bridgehead atoms. The third-order valence-electron chi connectivity index (χ3n) is 2.36. The van der Waals surface area contributed by atoms with Gasteiger partial charge in [-0.15, -0.1) is 0 Å². The highest BCUT2D eigenvalue weighted by Crippen LogP contribution is 2.21. The number of hydrogen-bond acceptors (Lipinski definition) is 3. The smallest absolute Gasteiger partial charge is 0.175 e. The zero-order valence-electron chi connectivity index (χ0n) is 13.1. The van der Waals surface area contributed by atoms with Crippen LogP contribution in [0.2, 0.25) is 0 Å². The summed E-state index contributed by atoms with van der Waals surface area (Å²) in [5.41, 5.74) is 6.91. The molecule has 0 saturated heterocycles. The number of ether oxygens (including phenoxy) is 1. The Bertz CT molecular complexity index is 518. The molecule has 112 valence electrons. The van der Waals surface area contributed by atoms with Crippen molar-refractivity contribution in [3.63, 3.8) is 0 Å². The Hall–Kier alpha value is -1.81. The molecule has 20 heavy (non-hydrogen) atoms. The fourth-order valence-electron chi connectivity index (χ4n) is 1.57. The number of aromatic nitrogens is 1. The zero-order chi connectivity index (χ0) is 15.5. The molecule has 2 aromatic rings. The van der Waals surface area contributed by atoms with E-state index in [0.29, 0.717) is 18.8 Å². The predicted molar refractivity (Wildman–Crippen MR) is 85.5 cm³/mol. The van der Waals surface area contributed by atoms with E-state index >= 15 is 0 Å². The SMILES string of the molecule is CC.CC.CC(=O)c1cc2cc(OCCN)ccc2[nH]1. The molecule has 0 spiro atoms. The number of ketones is 1. The molecule has 4 nitrogen and oxygen atoms in total. The van der Waals surface area contributed by atoms with E-state index in [4.69, 9.17) is 10.5 Å². The average Bonchev–Trinajstić information content (AvgIpc) is 2.92. The van der Waals surface area contributed by atoms with Gasteiger partial charge in [-0.25, -0.2) is 0 Å². The normalized spacial score (nSPS) is 9.10. The van der Waals surface area contributed by atoms with E-state index in [1.54, 1.807) is 0 Å². The summed E-state index contributed by atoms with van der Waals surface area (Å²) in [6.45, 7) is 10.5. The maximum Gasteiger partial charge on any atom is 0.175 e. The first kappa shape index (κ1) is 18.2. The van der Waals surface area contributed by atoms with Crippen LogP contribution in [0.1, 0.15) is 45.1 Å². The third kappa shape index (κ3) is 5.05. The number of Topliss-reactive ketones (excluding diaryl/α,β-unsaturated/α-hetero) is 1. The molecular weight excluding hydrogens is 252 g/mol. The lowest BCUT2D eigenvalue weighted by Crippen LogP contribution is -2.10. The van der Waals surface area contributed by atoms with Gasteiger partial charge in [0.05, 0.1) is 5.69 Å². The molecule has 0 saturated carbocycles. The van der Waals surface area contributed by atoms with E-state index in [-0.39, 0.29) is 5.78 Å². The van der Waals surface area contributed by atoms with Crippen LogP contribution in [0.5, 0.6) is 5.75 Å². The molecule has 0 aliphatic carbocycles. The summed E-state index contributed by atoms with van der Waals surface area (Å²) in [5, 5.41) is 0.972. The first-order valence-electron chi connectivity index (χ1n) is 7.17. The van der Waals surface area contributed by atoms with Gasteiger partial charge in [-0.2, -0.15) is 0 Å². The number of nitrogens with one attached hydrogen (secondary N) is 1. The van der Waals surface area contributed by atoms with Crippen LogP contribution in [0.15, 0.2) is 24.3 Å². The number of nitrogens with two attached hydrogens (primary N) is 1. The monoisotopic (exact) mass is 278 g/mol. The molecule has 3 N–H and O–H groups in total. The minimum Gasteiger partial charge on any atom is -0.492 e. The summed E-state index contributed by atoms with van der Waals surface area (Å²) < 4.78 is 5.41. The van der Waals surface area contributed by atoms with E-state index in [2.05, 4.69) is 4.98 Å². The van der Waals surface area contributed by atoms with Crippen LogP contribution in [-0.4, -0.2) is 23.9 Å². The second-order valence-corrected chi connectivity index (χ2v) is 3.63. The van der Waals surface area contributed by atoms with Gasteiger partial charge in [0.15, 0.2) is 5.78 Å². The van der Waals surface area contributed by atoms with Crippen LogP contribution in [0.3, 0.4) is 0 Å². The van der Waals surface area contributed by atoms with Crippen molar-refractivity contribution in [3.05, 3.63) is 30.0 Å². The highest BCUT2D eigenvalue weighted by molar-refractivity contribution is 5.98. The van der Waals surface area contributed by atoms with Gasteiger partial charge in [0.2, 0.25) is 0 Å². The number of rotatable bonds is 4. The summed E-state index contributed by atoms with van der Waals surface area (Å²) in [7, 11) is 0. The fraction of sp³-hybridized carbons (Fsp3) is 0.438. The summed E-state index contributed by atoms with van der Waals surface area (Å²) in [5.74, 6) is 0.799. The zero-order valence-corrected chi connectivity index (χ0v) is 13.1. The molecule has 0 atom stereocenters. The molecule has 2 rings (SSSR count). The molecule has 1 aromatic heterocycles. The van der Waals surface area contributed by atoms with E-state index in [1.807, 2.05) is 52.0 Å². The Labute approximate surface area is 121 Å². The van der Waals surface area contributed by atoms with Gasteiger partial charge in [-0.3, -0.25) is 4.79 Å². The predicted octanol–water partition coefficient (Wildman–Crippen LogP) is 3.76. The topological polar surface area (TPSA) is 68.1 Å². The van der Waals surface area contributed by atoms with Crippen molar-refractivity contribution in [2.45, 2.75) is 34.6 Å². The van der Waals surface area contributed by atoms with Crippen molar-refractivity contribution >= 4 is 16.7 Å². The Morgan fingerprint density at radius 2 is 1.85 bits per heavy atom. The van der Waals surface area contributed by atoms with Crippen molar-refractivity contribution in [1.82, 2.24) is 4.98 Å². The third-order valence-corrected chi connectivity index (χ3v) is 2.36.